The van der Waals surface area contributed by atoms with Crippen molar-refractivity contribution in [3.05, 3.63) is 59.4 Å². The zero-order valence-electron chi connectivity index (χ0n) is 22.1. The molecule has 1 saturated heterocycles. The number of imidazole rings is 1. The third-order valence-corrected chi connectivity index (χ3v) is 7.43. The van der Waals surface area contributed by atoms with E-state index in [2.05, 4.69) is 67.8 Å². The molecule has 1 aromatic heterocycles. The van der Waals surface area contributed by atoms with E-state index in [1.807, 2.05) is 4.90 Å². The first-order valence-electron chi connectivity index (χ1n) is 13.9. The van der Waals surface area contributed by atoms with Crippen LogP contribution in [-0.4, -0.2) is 22.0 Å². The first kappa shape index (κ1) is 25.5. The Morgan fingerprint density at radius 1 is 0.857 bits per heavy atom. The molecule has 1 aliphatic rings. The van der Waals surface area contributed by atoms with Crippen LogP contribution < -0.4 is 4.90 Å². The van der Waals surface area contributed by atoms with Gasteiger partial charge < -0.3 is 9.47 Å². The number of rotatable bonds is 13. The summed E-state index contributed by atoms with van der Waals surface area (Å²) in [5.41, 5.74) is 5.67. The van der Waals surface area contributed by atoms with Crippen molar-refractivity contribution < 1.29 is 4.79 Å². The van der Waals surface area contributed by atoms with Crippen LogP contribution in [0.15, 0.2) is 42.5 Å². The molecule has 35 heavy (non-hydrogen) atoms. The maximum Gasteiger partial charge on any atom is 0.227 e. The third-order valence-electron chi connectivity index (χ3n) is 7.43. The highest BCUT2D eigenvalue weighted by atomic mass is 16.2. The monoisotopic (exact) mass is 473 g/mol. The minimum absolute atomic E-state index is 0.138. The molecule has 0 spiro atoms. The number of amides is 1. The molecule has 1 fully saturated rings. The SMILES string of the molecule is CCCCCCCCCCCCn1c(C2CC(=O)N(c3cc(C)cc(C)c3)C2)nc2ccccc21. The Labute approximate surface area is 211 Å². The van der Waals surface area contributed by atoms with Gasteiger partial charge >= 0.3 is 0 Å². The van der Waals surface area contributed by atoms with Gasteiger partial charge in [-0.15, -0.1) is 0 Å². The summed E-state index contributed by atoms with van der Waals surface area (Å²) < 4.78 is 2.41. The molecule has 1 atom stereocenters. The number of hydrogen-bond donors (Lipinski definition) is 0. The lowest BCUT2D eigenvalue weighted by atomic mass is 10.1. The fourth-order valence-corrected chi connectivity index (χ4v) is 5.63. The molecule has 0 saturated carbocycles. The quantitative estimate of drug-likeness (QED) is 0.235. The number of aryl methyl sites for hydroxylation is 3. The highest BCUT2D eigenvalue weighted by Crippen LogP contribution is 2.34. The van der Waals surface area contributed by atoms with Crippen molar-refractivity contribution in [1.29, 1.82) is 0 Å². The van der Waals surface area contributed by atoms with Gasteiger partial charge in [0.1, 0.15) is 5.82 Å². The molecule has 3 aromatic rings. The minimum Gasteiger partial charge on any atom is -0.328 e. The number of carbonyl (C=O) groups is 1. The Hall–Kier alpha value is -2.62. The summed E-state index contributed by atoms with van der Waals surface area (Å²) in [5.74, 6) is 1.43. The Morgan fingerprint density at radius 2 is 1.49 bits per heavy atom. The van der Waals surface area contributed by atoms with Crippen molar-refractivity contribution in [3.63, 3.8) is 0 Å². The van der Waals surface area contributed by atoms with Crippen molar-refractivity contribution in [1.82, 2.24) is 9.55 Å². The number of fused-ring (bicyclic) bond motifs is 1. The van der Waals surface area contributed by atoms with Crippen LogP contribution in [0.2, 0.25) is 0 Å². The normalized spacial score (nSPS) is 16.0. The molecule has 4 nitrogen and oxygen atoms in total. The lowest BCUT2D eigenvalue weighted by Crippen LogP contribution is -2.24. The largest absolute Gasteiger partial charge is 0.328 e. The Kier molecular flexibility index (Phi) is 9.01. The number of aromatic nitrogens is 2. The lowest BCUT2D eigenvalue weighted by Gasteiger charge is -2.18. The topological polar surface area (TPSA) is 38.1 Å². The standard InChI is InChI=1S/C31H43N3O/c1-4-5-6-7-8-9-10-11-12-15-18-33-29-17-14-13-16-28(29)32-31(33)26-22-30(35)34(23-26)27-20-24(2)19-25(3)21-27/h13-14,16-17,19-21,26H,4-12,15,18,22-23H2,1-3H3. The number of hydrogen-bond acceptors (Lipinski definition) is 2. The van der Waals surface area contributed by atoms with Gasteiger partial charge in [0.05, 0.1) is 11.0 Å². The summed E-state index contributed by atoms with van der Waals surface area (Å²) in [6.07, 6.45) is 13.9. The first-order valence-corrected chi connectivity index (χ1v) is 13.9. The summed E-state index contributed by atoms with van der Waals surface area (Å²) in [6, 6.07) is 14.9. The van der Waals surface area contributed by atoms with Crippen molar-refractivity contribution in [2.24, 2.45) is 0 Å². The van der Waals surface area contributed by atoms with Gasteiger partial charge in [0.25, 0.3) is 0 Å². The molecule has 4 heteroatoms. The molecule has 2 aromatic carbocycles. The first-order chi connectivity index (χ1) is 17.1. The second kappa shape index (κ2) is 12.4. The highest BCUT2D eigenvalue weighted by molar-refractivity contribution is 5.96. The van der Waals surface area contributed by atoms with E-state index < -0.39 is 0 Å². The molecule has 0 N–H and O–H groups in total. The van der Waals surface area contributed by atoms with E-state index in [9.17, 15) is 4.79 Å². The summed E-state index contributed by atoms with van der Waals surface area (Å²) in [6.45, 7) is 8.17. The molecule has 0 bridgehead atoms. The van der Waals surface area contributed by atoms with Gasteiger partial charge in [0.2, 0.25) is 5.91 Å². The van der Waals surface area contributed by atoms with Crippen molar-refractivity contribution in [3.8, 4) is 0 Å². The van der Waals surface area contributed by atoms with E-state index in [1.54, 1.807) is 0 Å². The number of benzene rings is 2. The van der Waals surface area contributed by atoms with Gasteiger partial charge in [-0.25, -0.2) is 4.98 Å². The second-order valence-corrected chi connectivity index (χ2v) is 10.5. The summed E-state index contributed by atoms with van der Waals surface area (Å²) in [4.78, 5) is 20.0. The lowest BCUT2D eigenvalue weighted by molar-refractivity contribution is -0.117. The van der Waals surface area contributed by atoms with Crippen molar-refractivity contribution in [2.75, 3.05) is 11.4 Å². The summed E-state index contributed by atoms with van der Waals surface area (Å²) in [5, 5.41) is 0. The van der Waals surface area contributed by atoms with Gasteiger partial charge in [-0.05, 0) is 55.7 Å². The van der Waals surface area contributed by atoms with E-state index >= 15 is 0 Å². The number of nitrogens with zero attached hydrogens (tertiary/aromatic N) is 3. The predicted octanol–water partition coefficient (Wildman–Crippen LogP) is 8.09. The van der Waals surface area contributed by atoms with E-state index in [-0.39, 0.29) is 11.8 Å². The molecule has 2 heterocycles. The van der Waals surface area contributed by atoms with Crippen LogP contribution in [-0.2, 0) is 11.3 Å². The third kappa shape index (κ3) is 6.54. The van der Waals surface area contributed by atoms with Crippen LogP contribution in [0.4, 0.5) is 5.69 Å². The van der Waals surface area contributed by atoms with Crippen LogP contribution >= 0.6 is 0 Å². The zero-order chi connectivity index (χ0) is 24.6. The van der Waals surface area contributed by atoms with E-state index in [1.165, 1.54) is 80.9 Å². The molecule has 1 aliphatic heterocycles. The highest BCUT2D eigenvalue weighted by Gasteiger charge is 2.34. The van der Waals surface area contributed by atoms with Crippen LogP contribution in [0.25, 0.3) is 11.0 Å². The Balaban J connectivity index is 1.38. The smallest absolute Gasteiger partial charge is 0.227 e. The van der Waals surface area contributed by atoms with Crippen LogP contribution in [0, 0.1) is 13.8 Å². The van der Waals surface area contributed by atoms with E-state index in [0.29, 0.717) is 13.0 Å². The average molecular weight is 474 g/mol. The molecular weight excluding hydrogens is 430 g/mol. The minimum atomic E-state index is 0.138. The molecule has 1 unspecified atom stereocenters. The molecule has 4 rings (SSSR count). The summed E-state index contributed by atoms with van der Waals surface area (Å²) >= 11 is 0. The maximum absolute atomic E-state index is 13.0. The molecule has 0 radical (unpaired) electrons. The van der Waals surface area contributed by atoms with Gasteiger partial charge in [-0.3, -0.25) is 4.79 Å². The fraction of sp³-hybridized carbons (Fsp3) is 0.548. The molecule has 0 aliphatic carbocycles. The maximum atomic E-state index is 13.0. The van der Waals surface area contributed by atoms with Gasteiger partial charge in [-0.1, -0.05) is 82.9 Å². The van der Waals surface area contributed by atoms with Crippen LogP contribution in [0.1, 0.15) is 100 Å². The number of anilines is 1. The summed E-state index contributed by atoms with van der Waals surface area (Å²) in [7, 11) is 0. The number of para-hydroxylation sites is 2. The van der Waals surface area contributed by atoms with E-state index in [4.69, 9.17) is 4.98 Å². The second-order valence-electron chi connectivity index (χ2n) is 10.5. The fourth-order valence-electron chi connectivity index (χ4n) is 5.63. The van der Waals surface area contributed by atoms with Crippen molar-refractivity contribution >= 4 is 22.6 Å². The predicted molar refractivity (Wildman–Crippen MR) is 147 cm³/mol. The van der Waals surface area contributed by atoms with Gasteiger partial charge in [-0.2, -0.15) is 0 Å². The van der Waals surface area contributed by atoms with Gasteiger partial charge in [0.15, 0.2) is 0 Å². The Morgan fingerprint density at radius 3 is 2.17 bits per heavy atom. The Bertz CT molecular complexity index is 1100. The van der Waals surface area contributed by atoms with Gasteiger partial charge in [0, 0.05) is 31.1 Å². The van der Waals surface area contributed by atoms with Crippen LogP contribution in [0.5, 0.6) is 0 Å². The number of carbonyl (C=O) groups excluding carboxylic acids is 1. The van der Waals surface area contributed by atoms with E-state index in [0.717, 1.165) is 23.6 Å². The van der Waals surface area contributed by atoms with Crippen LogP contribution in [0.3, 0.4) is 0 Å². The molecule has 188 valence electrons. The molecule has 1 amide bonds. The molecular formula is C31H43N3O. The number of unbranched alkanes of at least 4 members (excludes halogenated alkanes) is 9. The van der Waals surface area contributed by atoms with Crippen molar-refractivity contribution in [2.45, 2.75) is 104 Å². The zero-order valence-corrected chi connectivity index (χ0v) is 22.1. The average Bonchev–Trinajstić information content (AvgIpc) is 3.40.